The highest BCUT2D eigenvalue weighted by atomic mass is 13.4. The van der Waals surface area contributed by atoms with Crippen molar-refractivity contribution in [2.24, 2.45) is 0 Å². The second-order valence-electron chi connectivity index (χ2n) is 2.83. The van der Waals surface area contributed by atoms with Crippen LogP contribution >= 0.6 is 0 Å². The number of rotatable bonds is 0. The van der Waals surface area contributed by atoms with Crippen molar-refractivity contribution in [3.8, 4) is 0 Å². The zero-order valence-corrected chi connectivity index (χ0v) is 10.8. The molecule has 80 valence electrons. The van der Waals surface area contributed by atoms with E-state index in [0.717, 1.165) is 0 Å². The Balaban J connectivity index is -0.0000000356. The Morgan fingerprint density at radius 1 is 0.333 bits per heavy atom. The van der Waals surface area contributed by atoms with E-state index < -0.39 is 0 Å². The molecule has 0 aliphatic carbocycles. The van der Waals surface area contributed by atoms with E-state index >= 15 is 0 Å². The summed E-state index contributed by atoms with van der Waals surface area (Å²) < 4.78 is 0. The molecule has 0 aliphatic heterocycles. The van der Waals surface area contributed by atoms with Gasteiger partial charge in [-0.1, -0.05) is 81.1 Å². The molecule has 0 saturated heterocycles. The molecule has 0 aliphatic rings. The molecule has 0 unspecified atom stereocenters. The zero-order valence-electron chi connectivity index (χ0n) is 10.8. The molecule has 0 saturated carbocycles. The third-order valence-corrected chi connectivity index (χ3v) is 0. The van der Waals surface area contributed by atoms with Crippen molar-refractivity contribution < 1.29 is 0 Å². The standard InChI is InChI=1S/4C3H8/c4*1-3-2/h4*3H2,1-2H3. The molecule has 0 bridgehead atoms. The van der Waals surface area contributed by atoms with Crippen molar-refractivity contribution in [2.75, 3.05) is 0 Å². The van der Waals surface area contributed by atoms with Gasteiger partial charge in [-0.15, -0.1) is 0 Å². The lowest BCUT2D eigenvalue weighted by atomic mass is 10.6. The van der Waals surface area contributed by atoms with E-state index in [4.69, 9.17) is 0 Å². The zero-order chi connectivity index (χ0) is 10.8. The van der Waals surface area contributed by atoms with E-state index in [-0.39, 0.29) is 0 Å². The van der Waals surface area contributed by atoms with Crippen LogP contribution in [0.25, 0.3) is 0 Å². The first kappa shape index (κ1) is 22.7. The fourth-order valence-corrected chi connectivity index (χ4v) is 0. The van der Waals surface area contributed by atoms with Gasteiger partial charge in [0.25, 0.3) is 0 Å². The molecule has 0 aromatic rings. The maximum Gasteiger partial charge on any atom is -0.0590 e. The largest absolute Gasteiger partial charge is 0.0656 e. The fraction of sp³-hybridized carbons (Fsp3) is 1.00. The molecule has 0 rings (SSSR count). The Labute approximate surface area is 81.8 Å². The van der Waals surface area contributed by atoms with E-state index in [0.29, 0.717) is 0 Å². The van der Waals surface area contributed by atoms with Gasteiger partial charge in [0.1, 0.15) is 0 Å². The summed E-state index contributed by atoms with van der Waals surface area (Å²) in [6.07, 6.45) is 5.00. The van der Waals surface area contributed by atoms with E-state index in [1.54, 1.807) is 0 Å². The molecule has 0 amide bonds. The highest BCUT2D eigenvalue weighted by Gasteiger charge is 1.36. The van der Waals surface area contributed by atoms with Crippen LogP contribution in [-0.2, 0) is 0 Å². The quantitative estimate of drug-likeness (QED) is 0.446. The topological polar surface area (TPSA) is 0 Å². The van der Waals surface area contributed by atoms with Crippen molar-refractivity contribution in [3.05, 3.63) is 0 Å². The van der Waals surface area contributed by atoms with Crippen molar-refractivity contribution in [1.82, 2.24) is 0 Å². The van der Waals surface area contributed by atoms with Gasteiger partial charge in [0.05, 0.1) is 0 Å². The highest BCUT2D eigenvalue weighted by molar-refractivity contribution is 3.93. The summed E-state index contributed by atoms with van der Waals surface area (Å²) in [5.74, 6) is 0. The van der Waals surface area contributed by atoms with Crippen LogP contribution in [0.3, 0.4) is 0 Å². The molecule has 0 aromatic heterocycles. The first-order valence-electron chi connectivity index (χ1n) is 5.66. The lowest BCUT2D eigenvalue weighted by molar-refractivity contribution is 1.09. The SMILES string of the molecule is CCC.CCC.CCC.CCC. The van der Waals surface area contributed by atoms with Gasteiger partial charge in [0.15, 0.2) is 0 Å². The van der Waals surface area contributed by atoms with E-state index in [9.17, 15) is 0 Å². The molecule has 0 aromatic carbocycles. The van der Waals surface area contributed by atoms with Gasteiger partial charge in [-0.05, 0) is 0 Å². The Hall–Kier alpha value is 0. The number of hydrogen-bond acceptors (Lipinski definition) is 0. The van der Waals surface area contributed by atoms with E-state index in [1.165, 1.54) is 25.7 Å². The van der Waals surface area contributed by atoms with Crippen LogP contribution in [0.2, 0.25) is 0 Å². The minimum atomic E-state index is 1.25. The first-order chi connectivity index (χ1) is 5.66. The average molecular weight is 176 g/mol. The molecule has 0 nitrogen and oxygen atoms in total. The third-order valence-electron chi connectivity index (χ3n) is 0. The van der Waals surface area contributed by atoms with Crippen LogP contribution < -0.4 is 0 Å². The Bertz CT molecular complexity index is 8.00. The van der Waals surface area contributed by atoms with Gasteiger partial charge >= 0.3 is 0 Å². The summed E-state index contributed by atoms with van der Waals surface area (Å²) in [6.45, 7) is 17.0. The number of hydrogen-bond donors (Lipinski definition) is 0. The Morgan fingerprint density at radius 3 is 0.333 bits per heavy atom. The van der Waals surface area contributed by atoms with Gasteiger partial charge in [0, 0.05) is 0 Å². The van der Waals surface area contributed by atoms with Crippen LogP contribution in [0.5, 0.6) is 0 Å². The smallest absolute Gasteiger partial charge is 0.0590 e. The molecule has 0 atom stereocenters. The van der Waals surface area contributed by atoms with E-state index in [2.05, 4.69) is 55.4 Å². The van der Waals surface area contributed by atoms with Gasteiger partial charge < -0.3 is 0 Å². The van der Waals surface area contributed by atoms with Crippen molar-refractivity contribution >= 4 is 0 Å². The van der Waals surface area contributed by atoms with Crippen molar-refractivity contribution in [1.29, 1.82) is 0 Å². The minimum absolute atomic E-state index is 1.25. The fourth-order valence-electron chi connectivity index (χ4n) is 0. The predicted molar refractivity (Wildman–Crippen MR) is 63.9 cm³/mol. The van der Waals surface area contributed by atoms with Gasteiger partial charge in [0.2, 0.25) is 0 Å². The third kappa shape index (κ3) is 0. The molecule has 0 fully saturated rings. The molecule has 12 heavy (non-hydrogen) atoms. The summed E-state index contributed by atoms with van der Waals surface area (Å²) in [6, 6.07) is 0. The summed E-state index contributed by atoms with van der Waals surface area (Å²) in [4.78, 5) is 0. The lowest BCUT2D eigenvalue weighted by Gasteiger charge is -1.48. The van der Waals surface area contributed by atoms with Crippen LogP contribution in [0.4, 0.5) is 0 Å². The minimum Gasteiger partial charge on any atom is -0.0656 e. The van der Waals surface area contributed by atoms with Crippen molar-refractivity contribution in [2.45, 2.75) is 81.1 Å². The van der Waals surface area contributed by atoms with Crippen molar-refractivity contribution in [3.63, 3.8) is 0 Å². The second kappa shape index (κ2) is 68.8. The van der Waals surface area contributed by atoms with Gasteiger partial charge in [-0.3, -0.25) is 0 Å². The summed E-state index contributed by atoms with van der Waals surface area (Å²) in [5.41, 5.74) is 0. The Kier molecular flexibility index (Phi) is 130. The van der Waals surface area contributed by atoms with Crippen LogP contribution in [0.1, 0.15) is 81.1 Å². The normalized spacial score (nSPS) is 6.00. The van der Waals surface area contributed by atoms with Gasteiger partial charge in [-0.25, -0.2) is 0 Å². The molecule has 0 heterocycles. The van der Waals surface area contributed by atoms with Gasteiger partial charge in [-0.2, -0.15) is 0 Å². The van der Waals surface area contributed by atoms with Crippen LogP contribution in [0, 0.1) is 0 Å². The molecule has 0 N–H and O–H groups in total. The monoisotopic (exact) mass is 176 g/mol. The predicted octanol–water partition coefficient (Wildman–Crippen LogP) is 5.67. The summed E-state index contributed by atoms with van der Waals surface area (Å²) >= 11 is 0. The maximum atomic E-state index is 2.12. The summed E-state index contributed by atoms with van der Waals surface area (Å²) in [7, 11) is 0. The highest BCUT2D eigenvalue weighted by Crippen LogP contribution is 1.57. The molecular weight excluding hydrogens is 144 g/mol. The first-order valence-corrected chi connectivity index (χ1v) is 5.66. The van der Waals surface area contributed by atoms with Crippen LogP contribution in [0.15, 0.2) is 0 Å². The average Bonchev–Trinajstić information content (AvgIpc) is 1.92. The molecule has 0 spiro atoms. The van der Waals surface area contributed by atoms with Crippen LogP contribution in [-0.4, -0.2) is 0 Å². The lowest BCUT2D eigenvalue weighted by Crippen LogP contribution is -1.27. The Morgan fingerprint density at radius 2 is 0.333 bits per heavy atom. The maximum absolute atomic E-state index is 2.12. The molecule has 0 radical (unpaired) electrons. The summed E-state index contributed by atoms with van der Waals surface area (Å²) in [5, 5.41) is 0. The second-order valence-corrected chi connectivity index (χ2v) is 2.83. The molecule has 0 heteroatoms. The molecular formula is C12H32. The van der Waals surface area contributed by atoms with E-state index in [1.807, 2.05) is 0 Å².